The molecule has 0 saturated heterocycles. The molecule has 0 fully saturated rings. The van der Waals surface area contributed by atoms with E-state index in [0.717, 1.165) is 28.5 Å². The van der Waals surface area contributed by atoms with Crippen LogP contribution in [0.5, 0.6) is 0 Å². The molecule has 2 aliphatic rings. The van der Waals surface area contributed by atoms with E-state index in [9.17, 15) is 15.8 Å². The van der Waals surface area contributed by atoms with Gasteiger partial charge in [0, 0.05) is 31.5 Å². The first-order chi connectivity index (χ1) is 16.6. The summed E-state index contributed by atoms with van der Waals surface area (Å²) in [6, 6.07) is 30.9. The Balaban J connectivity index is 1.71. The van der Waals surface area contributed by atoms with Crippen LogP contribution in [0.3, 0.4) is 0 Å². The van der Waals surface area contributed by atoms with Crippen molar-refractivity contribution in [1.82, 2.24) is 4.90 Å². The standard InChI is InChI=1S/C29H23N5/c30-15-25-23-13-14-34(16-20-7-2-1-3-8-20)17-26(23)27(29(18-31,19-32)28(25)33)24-12-6-10-21-9-4-5-11-22(21)24/h1-13,26-27H,14,16-17,33H2/t26-,27+/m0/s1. The number of nitriles is 3. The Kier molecular flexibility index (Phi) is 5.39. The molecule has 0 unspecified atom stereocenters. The molecular weight excluding hydrogens is 418 g/mol. The second-order valence-electron chi connectivity index (χ2n) is 8.92. The third-order valence-corrected chi connectivity index (χ3v) is 7.15. The summed E-state index contributed by atoms with van der Waals surface area (Å²) in [5.74, 6) is -0.722. The predicted octanol–water partition coefficient (Wildman–Crippen LogP) is 4.77. The maximum atomic E-state index is 10.4. The van der Waals surface area contributed by atoms with Crippen LogP contribution < -0.4 is 5.73 Å². The SMILES string of the molecule is N#CC1=C(N)C(C#N)(C#N)[C@H](c2cccc3ccccc23)[C@H]2CN(Cc3ccccc3)CC=C12. The van der Waals surface area contributed by atoms with Gasteiger partial charge >= 0.3 is 0 Å². The molecule has 2 atom stereocenters. The molecule has 164 valence electrons. The molecule has 0 aromatic heterocycles. The van der Waals surface area contributed by atoms with E-state index in [0.29, 0.717) is 13.1 Å². The Morgan fingerprint density at radius 3 is 2.35 bits per heavy atom. The van der Waals surface area contributed by atoms with Crippen LogP contribution in [-0.4, -0.2) is 18.0 Å². The number of hydrogen-bond donors (Lipinski definition) is 1. The van der Waals surface area contributed by atoms with Crippen molar-refractivity contribution >= 4 is 10.8 Å². The van der Waals surface area contributed by atoms with Gasteiger partial charge in [-0.2, -0.15) is 15.8 Å². The van der Waals surface area contributed by atoms with Crippen LogP contribution in [0.2, 0.25) is 0 Å². The zero-order valence-corrected chi connectivity index (χ0v) is 18.6. The molecule has 2 N–H and O–H groups in total. The second-order valence-corrected chi connectivity index (χ2v) is 8.92. The third kappa shape index (κ3) is 3.25. The number of allylic oxidation sites excluding steroid dienone is 2. The molecule has 1 aliphatic heterocycles. The average molecular weight is 442 g/mol. The summed E-state index contributed by atoms with van der Waals surface area (Å²) in [6.45, 7) is 2.04. The Hall–Kier alpha value is -4.37. The maximum absolute atomic E-state index is 10.4. The molecule has 1 heterocycles. The highest BCUT2D eigenvalue weighted by molar-refractivity contribution is 5.87. The summed E-state index contributed by atoms with van der Waals surface area (Å²) in [5, 5.41) is 32.8. The van der Waals surface area contributed by atoms with Crippen LogP contribution in [0.15, 0.2) is 95.7 Å². The topological polar surface area (TPSA) is 101 Å². The smallest absolute Gasteiger partial charge is 0.191 e. The van der Waals surface area contributed by atoms with Gasteiger partial charge in [0.25, 0.3) is 0 Å². The van der Waals surface area contributed by atoms with Gasteiger partial charge in [-0.1, -0.05) is 78.9 Å². The number of fused-ring (bicyclic) bond motifs is 2. The lowest BCUT2D eigenvalue weighted by atomic mass is 9.57. The number of nitrogens with two attached hydrogens (primary N) is 1. The number of nitrogens with zero attached hydrogens (tertiary/aromatic N) is 4. The minimum absolute atomic E-state index is 0.0666. The van der Waals surface area contributed by atoms with Crippen molar-refractivity contribution in [2.45, 2.75) is 12.5 Å². The first-order valence-corrected chi connectivity index (χ1v) is 11.3. The van der Waals surface area contributed by atoms with Gasteiger partial charge < -0.3 is 5.73 Å². The van der Waals surface area contributed by atoms with Gasteiger partial charge in [-0.3, -0.25) is 4.90 Å². The molecule has 0 radical (unpaired) electrons. The van der Waals surface area contributed by atoms with Crippen LogP contribution in [0.4, 0.5) is 0 Å². The molecule has 5 heteroatoms. The summed E-state index contributed by atoms with van der Waals surface area (Å²) < 4.78 is 0. The van der Waals surface area contributed by atoms with Gasteiger partial charge in [0.15, 0.2) is 5.41 Å². The lowest BCUT2D eigenvalue weighted by molar-refractivity contribution is 0.201. The van der Waals surface area contributed by atoms with Gasteiger partial charge in [0.1, 0.15) is 6.07 Å². The summed E-state index contributed by atoms with van der Waals surface area (Å²) >= 11 is 0. The van der Waals surface area contributed by atoms with Crippen molar-refractivity contribution in [2.24, 2.45) is 17.1 Å². The molecular formula is C29H23N5. The van der Waals surface area contributed by atoms with Crippen molar-refractivity contribution in [3.8, 4) is 18.2 Å². The molecule has 34 heavy (non-hydrogen) atoms. The first kappa shape index (κ1) is 21.5. The Morgan fingerprint density at radius 2 is 1.62 bits per heavy atom. The number of hydrogen-bond acceptors (Lipinski definition) is 5. The fraction of sp³-hybridized carbons (Fsp3) is 0.207. The Labute approximate surface area is 199 Å². The highest BCUT2D eigenvalue weighted by Crippen LogP contribution is 2.55. The van der Waals surface area contributed by atoms with E-state index in [1.807, 2.05) is 60.7 Å². The van der Waals surface area contributed by atoms with E-state index < -0.39 is 11.3 Å². The fourth-order valence-corrected chi connectivity index (χ4v) is 5.58. The summed E-state index contributed by atoms with van der Waals surface area (Å²) in [6.07, 6.45) is 2.05. The summed E-state index contributed by atoms with van der Waals surface area (Å²) in [4.78, 5) is 2.30. The van der Waals surface area contributed by atoms with Crippen LogP contribution in [0.1, 0.15) is 17.0 Å². The van der Waals surface area contributed by atoms with Crippen LogP contribution >= 0.6 is 0 Å². The zero-order valence-electron chi connectivity index (χ0n) is 18.6. The summed E-state index contributed by atoms with van der Waals surface area (Å²) in [7, 11) is 0. The number of rotatable bonds is 3. The van der Waals surface area contributed by atoms with E-state index in [4.69, 9.17) is 5.73 Å². The molecule has 0 amide bonds. The van der Waals surface area contributed by atoms with Gasteiger partial charge in [-0.25, -0.2) is 0 Å². The van der Waals surface area contributed by atoms with Crippen LogP contribution in [0, 0.1) is 45.3 Å². The van der Waals surface area contributed by atoms with E-state index in [1.165, 1.54) is 5.56 Å². The molecule has 1 aliphatic carbocycles. The summed E-state index contributed by atoms with van der Waals surface area (Å²) in [5.41, 5.74) is 8.16. The molecule has 5 rings (SSSR count). The van der Waals surface area contributed by atoms with Crippen LogP contribution in [0.25, 0.3) is 10.8 Å². The first-order valence-electron chi connectivity index (χ1n) is 11.3. The lowest BCUT2D eigenvalue weighted by Gasteiger charge is -2.46. The van der Waals surface area contributed by atoms with Gasteiger partial charge in [0.2, 0.25) is 0 Å². The average Bonchev–Trinajstić information content (AvgIpc) is 2.89. The van der Waals surface area contributed by atoms with Crippen molar-refractivity contribution in [3.05, 3.63) is 107 Å². The normalized spacial score (nSPS) is 21.6. The monoisotopic (exact) mass is 441 g/mol. The van der Waals surface area contributed by atoms with Crippen molar-refractivity contribution in [1.29, 1.82) is 15.8 Å². The highest BCUT2D eigenvalue weighted by Gasteiger charge is 2.54. The van der Waals surface area contributed by atoms with E-state index >= 15 is 0 Å². The van der Waals surface area contributed by atoms with Crippen LogP contribution in [-0.2, 0) is 6.54 Å². The number of benzene rings is 3. The predicted molar refractivity (Wildman–Crippen MR) is 130 cm³/mol. The van der Waals surface area contributed by atoms with E-state index in [1.54, 1.807) is 0 Å². The van der Waals surface area contributed by atoms with Gasteiger partial charge in [-0.15, -0.1) is 0 Å². The van der Waals surface area contributed by atoms with Gasteiger partial charge in [0.05, 0.1) is 23.4 Å². The largest absolute Gasteiger partial charge is 0.399 e. The maximum Gasteiger partial charge on any atom is 0.191 e. The van der Waals surface area contributed by atoms with Crippen molar-refractivity contribution in [2.75, 3.05) is 13.1 Å². The Morgan fingerprint density at radius 1 is 0.912 bits per heavy atom. The third-order valence-electron chi connectivity index (χ3n) is 7.15. The highest BCUT2D eigenvalue weighted by atomic mass is 15.1. The van der Waals surface area contributed by atoms with E-state index in [2.05, 4.69) is 41.3 Å². The lowest BCUT2D eigenvalue weighted by Crippen LogP contribution is -2.47. The quantitative estimate of drug-likeness (QED) is 0.631. The minimum Gasteiger partial charge on any atom is -0.399 e. The molecule has 0 saturated carbocycles. The molecule has 3 aromatic rings. The minimum atomic E-state index is -1.63. The van der Waals surface area contributed by atoms with Crippen molar-refractivity contribution < 1.29 is 0 Å². The molecule has 5 nitrogen and oxygen atoms in total. The Bertz CT molecular complexity index is 1430. The molecule has 3 aromatic carbocycles. The molecule has 0 spiro atoms. The second kappa shape index (κ2) is 8.53. The van der Waals surface area contributed by atoms with E-state index in [-0.39, 0.29) is 17.2 Å². The van der Waals surface area contributed by atoms with Gasteiger partial charge in [-0.05, 0) is 27.5 Å². The van der Waals surface area contributed by atoms with Crippen molar-refractivity contribution in [3.63, 3.8) is 0 Å². The zero-order chi connectivity index (χ0) is 23.7. The molecule has 0 bridgehead atoms. The fourth-order valence-electron chi connectivity index (χ4n) is 5.58.